The molecule has 0 radical (unpaired) electrons. The van der Waals surface area contributed by atoms with E-state index in [-0.39, 0.29) is 5.54 Å². The van der Waals surface area contributed by atoms with Crippen LogP contribution < -0.4 is 5.73 Å². The Balaban J connectivity index is 1.99. The fraction of sp³-hybridized carbons (Fsp3) is 1.00. The number of nitrogens with two attached hydrogens (primary N) is 1. The first-order chi connectivity index (χ1) is 9.75. The van der Waals surface area contributed by atoms with Crippen LogP contribution in [0.3, 0.4) is 0 Å². The van der Waals surface area contributed by atoms with Gasteiger partial charge in [0.2, 0.25) is 0 Å². The number of nitrogens with zero attached hydrogens (tertiary/aromatic N) is 1. The van der Waals surface area contributed by atoms with Gasteiger partial charge in [-0.1, -0.05) is 20.8 Å². The quantitative estimate of drug-likeness (QED) is 0.868. The third-order valence-corrected chi connectivity index (χ3v) is 5.89. The molecule has 0 amide bonds. The van der Waals surface area contributed by atoms with Gasteiger partial charge in [0.1, 0.15) is 0 Å². The molecule has 1 aliphatic carbocycles. The maximum absolute atomic E-state index is 6.19. The predicted octanol–water partition coefficient (Wildman–Crippen LogP) is 3.28. The van der Waals surface area contributed by atoms with Crippen molar-refractivity contribution >= 4 is 0 Å². The molecule has 0 aromatic heterocycles. The Hall–Kier alpha value is -0.120. The van der Waals surface area contributed by atoms with Crippen molar-refractivity contribution in [2.75, 3.05) is 26.3 Å². The Morgan fingerprint density at radius 2 is 1.81 bits per heavy atom. The molecule has 1 heterocycles. The zero-order valence-corrected chi connectivity index (χ0v) is 14.8. The highest BCUT2D eigenvalue weighted by atomic mass is 16.5. The molecule has 1 atom stereocenters. The lowest BCUT2D eigenvalue weighted by atomic mass is 9.68. The fourth-order valence-corrected chi connectivity index (χ4v) is 4.43. The van der Waals surface area contributed by atoms with E-state index in [2.05, 4.69) is 39.5 Å². The zero-order valence-electron chi connectivity index (χ0n) is 14.8. The van der Waals surface area contributed by atoms with Crippen molar-refractivity contribution < 1.29 is 4.74 Å². The van der Waals surface area contributed by atoms with E-state index < -0.39 is 0 Å². The summed E-state index contributed by atoms with van der Waals surface area (Å²) in [5.41, 5.74) is 6.78. The SMILES string of the molecule is CC(C)(C)C1CCC(C(CN)N2CCOCC2(C)C)CC1. The average molecular weight is 296 g/mol. The summed E-state index contributed by atoms with van der Waals surface area (Å²) in [6.07, 6.45) is 5.43. The molecule has 2 aliphatic rings. The second-order valence-corrected chi connectivity index (χ2v) is 8.84. The molecule has 0 aromatic carbocycles. The van der Waals surface area contributed by atoms with E-state index in [0.717, 1.165) is 38.1 Å². The number of hydrogen-bond donors (Lipinski definition) is 1. The predicted molar refractivity (Wildman–Crippen MR) is 89.3 cm³/mol. The molecule has 21 heavy (non-hydrogen) atoms. The van der Waals surface area contributed by atoms with Crippen molar-refractivity contribution in [3.63, 3.8) is 0 Å². The first-order valence-electron chi connectivity index (χ1n) is 8.80. The molecule has 3 nitrogen and oxygen atoms in total. The highest BCUT2D eigenvalue weighted by Gasteiger charge is 2.40. The minimum atomic E-state index is 0.128. The van der Waals surface area contributed by atoms with Crippen molar-refractivity contribution in [1.29, 1.82) is 0 Å². The largest absolute Gasteiger partial charge is 0.378 e. The summed E-state index contributed by atoms with van der Waals surface area (Å²) in [6.45, 7) is 15.3. The van der Waals surface area contributed by atoms with E-state index in [0.29, 0.717) is 11.5 Å². The van der Waals surface area contributed by atoms with Crippen LogP contribution in [0.5, 0.6) is 0 Å². The average Bonchev–Trinajstić information content (AvgIpc) is 2.41. The Kier molecular flexibility index (Phi) is 5.38. The van der Waals surface area contributed by atoms with Crippen LogP contribution >= 0.6 is 0 Å². The number of ether oxygens (including phenoxy) is 1. The van der Waals surface area contributed by atoms with Crippen LogP contribution in [0.25, 0.3) is 0 Å². The van der Waals surface area contributed by atoms with Gasteiger partial charge in [0, 0.05) is 24.7 Å². The molecule has 0 spiro atoms. The topological polar surface area (TPSA) is 38.5 Å². The van der Waals surface area contributed by atoms with Crippen molar-refractivity contribution in [3.8, 4) is 0 Å². The molecule has 1 aliphatic heterocycles. The van der Waals surface area contributed by atoms with Gasteiger partial charge in [0.05, 0.1) is 13.2 Å². The van der Waals surface area contributed by atoms with Crippen molar-refractivity contribution in [3.05, 3.63) is 0 Å². The molecule has 2 N–H and O–H groups in total. The molecule has 2 fully saturated rings. The Morgan fingerprint density at radius 1 is 1.19 bits per heavy atom. The van der Waals surface area contributed by atoms with Gasteiger partial charge in [-0.25, -0.2) is 0 Å². The van der Waals surface area contributed by atoms with Gasteiger partial charge in [0.15, 0.2) is 0 Å². The summed E-state index contributed by atoms with van der Waals surface area (Å²) in [7, 11) is 0. The third-order valence-electron chi connectivity index (χ3n) is 5.89. The van der Waals surface area contributed by atoms with Crippen LogP contribution in [0.4, 0.5) is 0 Å². The Morgan fingerprint density at radius 3 is 2.29 bits per heavy atom. The van der Waals surface area contributed by atoms with E-state index >= 15 is 0 Å². The van der Waals surface area contributed by atoms with Crippen LogP contribution in [-0.4, -0.2) is 42.8 Å². The first kappa shape index (κ1) is 17.2. The lowest BCUT2D eigenvalue weighted by Gasteiger charge is -2.50. The summed E-state index contributed by atoms with van der Waals surface area (Å²) < 4.78 is 5.68. The summed E-state index contributed by atoms with van der Waals surface area (Å²) in [5, 5.41) is 0. The lowest BCUT2D eigenvalue weighted by Crippen LogP contribution is -2.61. The van der Waals surface area contributed by atoms with E-state index in [1.807, 2.05) is 0 Å². The van der Waals surface area contributed by atoms with Crippen LogP contribution in [0.15, 0.2) is 0 Å². The van der Waals surface area contributed by atoms with Crippen LogP contribution in [0.2, 0.25) is 0 Å². The van der Waals surface area contributed by atoms with Gasteiger partial charge in [-0.05, 0) is 56.8 Å². The number of rotatable bonds is 3. The monoisotopic (exact) mass is 296 g/mol. The molecule has 0 bridgehead atoms. The molecular weight excluding hydrogens is 260 g/mol. The first-order valence-corrected chi connectivity index (χ1v) is 8.80. The molecule has 1 saturated heterocycles. The van der Waals surface area contributed by atoms with E-state index in [9.17, 15) is 0 Å². The standard InChI is InChI=1S/C18H36N2O/c1-17(2,3)15-8-6-14(7-9-15)16(12-19)20-10-11-21-13-18(20,4)5/h14-16H,6-13,19H2,1-5H3. The number of hydrogen-bond acceptors (Lipinski definition) is 3. The van der Waals surface area contributed by atoms with Gasteiger partial charge < -0.3 is 10.5 Å². The van der Waals surface area contributed by atoms with Gasteiger partial charge in [-0.3, -0.25) is 4.90 Å². The third kappa shape index (κ3) is 4.00. The minimum Gasteiger partial charge on any atom is -0.378 e. The zero-order chi connectivity index (χ0) is 15.7. The van der Waals surface area contributed by atoms with E-state index in [4.69, 9.17) is 10.5 Å². The van der Waals surface area contributed by atoms with Crippen molar-refractivity contribution in [2.24, 2.45) is 23.0 Å². The van der Waals surface area contributed by atoms with Crippen LogP contribution in [0.1, 0.15) is 60.3 Å². The van der Waals surface area contributed by atoms with Crippen molar-refractivity contribution in [2.45, 2.75) is 71.9 Å². The molecule has 0 aromatic rings. The smallest absolute Gasteiger partial charge is 0.0645 e. The highest BCUT2D eigenvalue weighted by molar-refractivity contribution is 4.94. The summed E-state index contributed by atoms with van der Waals surface area (Å²) in [5.74, 6) is 1.65. The Bertz CT molecular complexity index is 327. The van der Waals surface area contributed by atoms with Crippen LogP contribution in [0, 0.1) is 17.3 Å². The highest BCUT2D eigenvalue weighted by Crippen LogP contribution is 2.42. The lowest BCUT2D eigenvalue weighted by molar-refractivity contribution is -0.0858. The van der Waals surface area contributed by atoms with E-state index in [1.165, 1.54) is 25.7 Å². The molecule has 1 saturated carbocycles. The minimum absolute atomic E-state index is 0.128. The second-order valence-electron chi connectivity index (χ2n) is 8.84. The van der Waals surface area contributed by atoms with Gasteiger partial charge in [-0.15, -0.1) is 0 Å². The molecule has 2 rings (SSSR count). The molecule has 3 heteroatoms. The molecule has 1 unspecified atom stereocenters. The van der Waals surface area contributed by atoms with Gasteiger partial charge in [0.25, 0.3) is 0 Å². The maximum Gasteiger partial charge on any atom is 0.0645 e. The van der Waals surface area contributed by atoms with Crippen molar-refractivity contribution in [1.82, 2.24) is 4.90 Å². The number of morpholine rings is 1. The van der Waals surface area contributed by atoms with Crippen LogP contribution in [-0.2, 0) is 4.74 Å². The van der Waals surface area contributed by atoms with E-state index in [1.54, 1.807) is 0 Å². The van der Waals surface area contributed by atoms with Gasteiger partial charge in [-0.2, -0.15) is 0 Å². The summed E-state index contributed by atoms with van der Waals surface area (Å²) >= 11 is 0. The maximum atomic E-state index is 6.19. The normalized spacial score (nSPS) is 32.9. The van der Waals surface area contributed by atoms with Gasteiger partial charge >= 0.3 is 0 Å². The Labute approximate surface area is 131 Å². The molecule has 124 valence electrons. The fourth-order valence-electron chi connectivity index (χ4n) is 4.43. The second kappa shape index (κ2) is 6.55. The summed E-state index contributed by atoms with van der Waals surface area (Å²) in [6, 6.07) is 0.532. The molecular formula is C18H36N2O. The summed E-state index contributed by atoms with van der Waals surface area (Å²) in [4.78, 5) is 2.64.